The molecular weight excluding hydrogens is 200 g/mol. The van der Waals surface area contributed by atoms with E-state index in [0.717, 1.165) is 31.8 Å². The third kappa shape index (κ3) is 2.97. The fraction of sp³-hybridized carbons (Fsp3) is 0.923. The first-order valence-corrected chi connectivity index (χ1v) is 6.78. The third-order valence-electron chi connectivity index (χ3n) is 4.14. The quantitative estimate of drug-likeness (QED) is 0.766. The van der Waals surface area contributed by atoms with Crippen LogP contribution < -0.4 is 10.6 Å². The molecule has 2 atom stereocenters. The molecule has 0 bridgehead atoms. The number of carbonyl (C=O) groups excluding carboxylic acids is 1. The summed E-state index contributed by atoms with van der Waals surface area (Å²) in [5.41, 5.74) is 0. The van der Waals surface area contributed by atoms with Crippen LogP contribution in [0, 0.1) is 11.8 Å². The Bertz CT molecular complexity index is 230. The standard InChI is InChI=1S/C13H24N2O/c1-10(11-5-2-3-6-11)15-13(16)12-7-4-8-14-9-12/h10-12,14H,2-9H2,1H3,(H,15,16)/t10-,12-/m0/s1. The molecule has 0 aromatic rings. The molecule has 0 aromatic carbocycles. The minimum Gasteiger partial charge on any atom is -0.353 e. The van der Waals surface area contributed by atoms with Crippen LogP contribution in [0.4, 0.5) is 0 Å². The summed E-state index contributed by atoms with van der Waals surface area (Å²) >= 11 is 0. The highest BCUT2D eigenvalue weighted by Gasteiger charge is 2.26. The molecule has 16 heavy (non-hydrogen) atoms. The van der Waals surface area contributed by atoms with Gasteiger partial charge in [-0.2, -0.15) is 0 Å². The van der Waals surface area contributed by atoms with Crippen molar-refractivity contribution in [3.8, 4) is 0 Å². The summed E-state index contributed by atoms with van der Waals surface area (Å²) in [6, 6.07) is 0.372. The number of nitrogens with one attached hydrogen (secondary N) is 2. The average molecular weight is 224 g/mol. The Hall–Kier alpha value is -0.570. The molecule has 2 N–H and O–H groups in total. The van der Waals surface area contributed by atoms with Crippen LogP contribution in [0.15, 0.2) is 0 Å². The summed E-state index contributed by atoms with van der Waals surface area (Å²) < 4.78 is 0. The van der Waals surface area contributed by atoms with Crippen molar-refractivity contribution in [3.63, 3.8) is 0 Å². The van der Waals surface area contributed by atoms with E-state index in [9.17, 15) is 4.79 Å². The van der Waals surface area contributed by atoms with Crippen molar-refractivity contribution in [3.05, 3.63) is 0 Å². The number of piperidine rings is 1. The van der Waals surface area contributed by atoms with Gasteiger partial charge in [0.25, 0.3) is 0 Å². The van der Waals surface area contributed by atoms with Gasteiger partial charge < -0.3 is 10.6 Å². The molecule has 92 valence electrons. The number of hydrogen-bond donors (Lipinski definition) is 2. The van der Waals surface area contributed by atoms with E-state index in [2.05, 4.69) is 17.6 Å². The lowest BCUT2D eigenvalue weighted by atomic mass is 9.96. The summed E-state index contributed by atoms with van der Waals surface area (Å²) in [5, 5.41) is 6.51. The van der Waals surface area contributed by atoms with Crippen LogP contribution in [-0.2, 0) is 4.79 Å². The van der Waals surface area contributed by atoms with Gasteiger partial charge in [0, 0.05) is 12.6 Å². The van der Waals surface area contributed by atoms with E-state index in [1.165, 1.54) is 25.7 Å². The Kier molecular flexibility index (Phi) is 4.22. The van der Waals surface area contributed by atoms with Crippen molar-refractivity contribution in [2.24, 2.45) is 11.8 Å². The molecule has 3 nitrogen and oxygen atoms in total. The zero-order valence-corrected chi connectivity index (χ0v) is 10.3. The molecule has 1 aliphatic heterocycles. The van der Waals surface area contributed by atoms with Crippen LogP contribution >= 0.6 is 0 Å². The summed E-state index contributed by atoms with van der Waals surface area (Å²) in [7, 11) is 0. The van der Waals surface area contributed by atoms with E-state index in [0.29, 0.717) is 6.04 Å². The van der Waals surface area contributed by atoms with Gasteiger partial charge in [-0.1, -0.05) is 12.8 Å². The SMILES string of the molecule is C[C@H](NC(=O)[C@H]1CCCNC1)C1CCCC1. The molecule has 0 unspecified atom stereocenters. The van der Waals surface area contributed by atoms with Crippen molar-refractivity contribution in [2.45, 2.75) is 51.5 Å². The lowest BCUT2D eigenvalue weighted by molar-refractivity contribution is -0.126. The van der Waals surface area contributed by atoms with Gasteiger partial charge in [0.15, 0.2) is 0 Å². The maximum absolute atomic E-state index is 12.0. The number of carbonyl (C=O) groups is 1. The summed E-state index contributed by atoms with van der Waals surface area (Å²) in [5.74, 6) is 1.20. The lowest BCUT2D eigenvalue weighted by Crippen LogP contribution is -2.45. The summed E-state index contributed by atoms with van der Waals surface area (Å²) in [6.07, 6.45) is 7.46. The molecule has 2 fully saturated rings. The first kappa shape index (κ1) is 11.9. The molecule has 2 aliphatic rings. The van der Waals surface area contributed by atoms with Crippen molar-refractivity contribution < 1.29 is 4.79 Å². The third-order valence-corrected chi connectivity index (χ3v) is 4.14. The zero-order valence-electron chi connectivity index (χ0n) is 10.3. The van der Waals surface area contributed by atoms with E-state index in [1.54, 1.807) is 0 Å². The topological polar surface area (TPSA) is 41.1 Å². The van der Waals surface area contributed by atoms with Crippen LogP contribution in [0.2, 0.25) is 0 Å². The number of hydrogen-bond acceptors (Lipinski definition) is 2. The van der Waals surface area contributed by atoms with E-state index < -0.39 is 0 Å². The molecule has 1 heterocycles. The molecule has 0 radical (unpaired) electrons. The van der Waals surface area contributed by atoms with Crippen LogP contribution in [0.1, 0.15) is 45.4 Å². The Morgan fingerprint density at radius 3 is 2.62 bits per heavy atom. The summed E-state index contributed by atoms with van der Waals surface area (Å²) in [4.78, 5) is 12.0. The average Bonchev–Trinajstić information content (AvgIpc) is 2.83. The van der Waals surface area contributed by atoms with Crippen LogP contribution in [0.5, 0.6) is 0 Å². The molecular formula is C13H24N2O. The first-order chi connectivity index (χ1) is 7.77. The van der Waals surface area contributed by atoms with E-state index >= 15 is 0 Å². The van der Waals surface area contributed by atoms with Gasteiger partial charge in [0.1, 0.15) is 0 Å². The van der Waals surface area contributed by atoms with Crippen molar-refractivity contribution in [1.82, 2.24) is 10.6 Å². The molecule has 2 rings (SSSR count). The predicted molar refractivity (Wildman–Crippen MR) is 65.2 cm³/mol. The van der Waals surface area contributed by atoms with Gasteiger partial charge in [-0.15, -0.1) is 0 Å². The van der Waals surface area contributed by atoms with E-state index in [1.807, 2.05) is 0 Å². The fourth-order valence-corrected chi connectivity index (χ4v) is 2.99. The van der Waals surface area contributed by atoms with E-state index in [4.69, 9.17) is 0 Å². The van der Waals surface area contributed by atoms with Gasteiger partial charge in [0.05, 0.1) is 5.92 Å². The van der Waals surface area contributed by atoms with Crippen LogP contribution in [-0.4, -0.2) is 25.0 Å². The highest BCUT2D eigenvalue weighted by molar-refractivity contribution is 5.79. The van der Waals surface area contributed by atoms with Gasteiger partial charge in [-0.05, 0) is 45.1 Å². The minimum absolute atomic E-state index is 0.206. The Morgan fingerprint density at radius 1 is 1.25 bits per heavy atom. The van der Waals surface area contributed by atoms with Gasteiger partial charge in [-0.3, -0.25) is 4.79 Å². The smallest absolute Gasteiger partial charge is 0.224 e. The predicted octanol–water partition coefficient (Wildman–Crippen LogP) is 1.68. The molecule has 1 saturated heterocycles. The second-order valence-electron chi connectivity index (χ2n) is 5.39. The fourth-order valence-electron chi connectivity index (χ4n) is 2.99. The minimum atomic E-state index is 0.206. The maximum atomic E-state index is 12.0. The first-order valence-electron chi connectivity index (χ1n) is 6.78. The summed E-state index contributed by atoms with van der Waals surface area (Å²) in [6.45, 7) is 4.11. The molecule has 0 aromatic heterocycles. The second kappa shape index (κ2) is 5.67. The largest absolute Gasteiger partial charge is 0.353 e. The highest BCUT2D eigenvalue weighted by Crippen LogP contribution is 2.27. The molecule has 1 aliphatic carbocycles. The van der Waals surface area contributed by atoms with Gasteiger partial charge in [-0.25, -0.2) is 0 Å². The maximum Gasteiger partial charge on any atom is 0.224 e. The zero-order chi connectivity index (χ0) is 11.4. The molecule has 1 amide bonds. The number of amides is 1. The lowest BCUT2D eigenvalue weighted by Gasteiger charge is -2.26. The molecule has 1 saturated carbocycles. The number of rotatable bonds is 3. The Labute approximate surface area is 98.4 Å². The monoisotopic (exact) mass is 224 g/mol. The van der Waals surface area contributed by atoms with Gasteiger partial charge in [0.2, 0.25) is 5.91 Å². The van der Waals surface area contributed by atoms with Crippen molar-refractivity contribution >= 4 is 5.91 Å². The molecule has 3 heteroatoms. The highest BCUT2D eigenvalue weighted by atomic mass is 16.2. The second-order valence-corrected chi connectivity index (χ2v) is 5.39. The van der Waals surface area contributed by atoms with Crippen LogP contribution in [0.25, 0.3) is 0 Å². The van der Waals surface area contributed by atoms with Crippen molar-refractivity contribution in [2.75, 3.05) is 13.1 Å². The Balaban J connectivity index is 1.76. The Morgan fingerprint density at radius 2 is 2.00 bits per heavy atom. The van der Waals surface area contributed by atoms with Crippen LogP contribution in [0.3, 0.4) is 0 Å². The van der Waals surface area contributed by atoms with E-state index in [-0.39, 0.29) is 11.8 Å². The molecule has 0 spiro atoms. The van der Waals surface area contributed by atoms with Gasteiger partial charge >= 0.3 is 0 Å². The normalized spacial score (nSPS) is 28.9. The van der Waals surface area contributed by atoms with Crippen molar-refractivity contribution in [1.29, 1.82) is 0 Å².